The van der Waals surface area contributed by atoms with Crippen LogP contribution in [0.3, 0.4) is 0 Å². The van der Waals surface area contributed by atoms with Gasteiger partial charge in [-0.1, -0.05) is 241 Å². The summed E-state index contributed by atoms with van der Waals surface area (Å²) in [4.78, 5) is 0. The molecular formula is C93H62O2. The monoisotopic (exact) mass is 1210 g/mol. The molecule has 0 saturated heterocycles. The molecule has 0 aliphatic heterocycles. The normalized spacial score (nSPS) is 13.5. The Hall–Kier alpha value is -11.3. The Morgan fingerprint density at radius 3 is 1.37 bits per heavy atom. The molecule has 446 valence electrons. The van der Waals surface area contributed by atoms with Gasteiger partial charge in [0.15, 0.2) is 0 Å². The van der Waals surface area contributed by atoms with E-state index in [9.17, 15) is 0 Å². The Morgan fingerprint density at radius 1 is 0.263 bits per heavy atom. The predicted molar refractivity (Wildman–Crippen MR) is 405 cm³/mol. The Bertz CT molecular complexity index is 6680. The molecule has 1 aliphatic carbocycles. The molecule has 2 aromatic heterocycles. The lowest BCUT2D eigenvalue weighted by molar-refractivity contribution is 0.491. The van der Waals surface area contributed by atoms with Crippen molar-refractivity contribution >= 4 is 141 Å². The van der Waals surface area contributed by atoms with Crippen LogP contribution in [0.25, 0.3) is 208 Å². The molecule has 20 aromatic rings. The SMILES string of the molecule is CCC1(CC)c2cc(-c3ccc4ccc5cc(C(C)(C)C)cc6ccc3c4c56)ccc2-c2ccc(-c3cccc4c3oc3ccc(-c5cc6cccc7c(-c8cc(-c9ccc%10ccc%11cccc%12ccc9c%10c%11%12)c9oc%10ccccc%10c9c8)cc8cccc5c8c67)cc34)cc21. The van der Waals surface area contributed by atoms with Crippen molar-refractivity contribution in [2.75, 3.05) is 0 Å². The lowest BCUT2D eigenvalue weighted by Gasteiger charge is -2.30. The van der Waals surface area contributed by atoms with Crippen LogP contribution < -0.4 is 0 Å². The fourth-order valence-corrected chi connectivity index (χ4v) is 18.0. The van der Waals surface area contributed by atoms with Gasteiger partial charge in [-0.05, 0) is 242 Å². The molecule has 0 amide bonds. The third-order valence-electron chi connectivity index (χ3n) is 22.7. The third-order valence-corrected chi connectivity index (χ3v) is 22.7. The van der Waals surface area contributed by atoms with Crippen LogP contribution in [0.4, 0.5) is 0 Å². The van der Waals surface area contributed by atoms with Gasteiger partial charge in [-0.2, -0.15) is 0 Å². The molecule has 0 atom stereocenters. The van der Waals surface area contributed by atoms with Gasteiger partial charge in [-0.3, -0.25) is 0 Å². The van der Waals surface area contributed by atoms with Gasteiger partial charge in [-0.15, -0.1) is 0 Å². The molecule has 18 aromatic carbocycles. The first-order valence-corrected chi connectivity index (χ1v) is 33.9. The van der Waals surface area contributed by atoms with Crippen molar-refractivity contribution in [2.45, 2.75) is 58.3 Å². The number of fused-ring (bicyclic) bond motifs is 9. The van der Waals surface area contributed by atoms with Gasteiger partial charge in [0.2, 0.25) is 0 Å². The highest BCUT2D eigenvalue weighted by molar-refractivity contribution is 6.31. The minimum absolute atomic E-state index is 0.0693. The van der Waals surface area contributed by atoms with Gasteiger partial charge in [-0.25, -0.2) is 0 Å². The summed E-state index contributed by atoms with van der Waals surface area (Å²) in [6.45, 7) is 11.7. The van der Waals surface area contributed by atoms with Crippen LogP contribution in [0.1, 0.15) is 64.2 Å². The van der Waals surface area contributed by atoms with E-state index in [1.54, 1.807) is 0 Å². The van der Waals surface area contributed by atoms with Crippen LogP contribution in [0.15, 0.2) is 270 Å². The molecule has 0 bridgehead atoms. The van der Waals surface area contributed by atoms with Gasteiger partial charge in [0.1, 0.15) is 22.3 Å². The fraction of sp³-hybridized carbons (Fsp3) is 0.0968. The summed E-state index contributed by atoms with van der Waals surface area (Å²) in [7, 11) is 0. The molecular weight excluding hydrogens is 1150 g/mol. The smallest absolute Gasteiger partial charge is 0.143 e. The quantitative estimate of drug-likeness (QED) is 0.149. The second-order valence-corrected chi connectivity index (χ2v) is 28.4. The van der Waals surface area contributed by atoms with Crippen molar-refractivity contribution in [1.29, 1.82) is 0 Å². The summed E-state index contributed by atoms with van der Waals surface area (Å²) in [6, 6.07) is 99.3. The minimum Gasteiger partial charge on any atom is -0.455 e. The average Bonchev–Trinajstić information content (AvgIpc) is 1.71. The van der Waals surface area contributed by atoms with E-state index >= 15 is 0 Å². The van der Waals surface area contributed by atoms with Crippen molar-refractivity contribution < 1.29 is 8.83 Å². The molecule has 2 heteroatoms. The lowest BCUT2D eigenvalue weighted by atomic mass is 9.73. The first kappa shape index (κ1) is 53.2. The number of rotatable bonds is 7. The van der Waals surface area contributed by atoms with E-state index in [4.69, 9.17) is 8.83 Å². The zero-order valence-electron chi connectivity index (χ0n) is 53.6. The maximum atomic E-state index is 7.05. The Labute approximate surface area is 548 Å². The Balaban J connectivity index is 0.667. The van der Waals surface area contributed by atoms with Crippen LogP contribution in [-0.2, 0) is 10.8 Å². The highest BCUT2D eigenvalue weighted by atomic mass is 16.3. The number of benzene rings is 18. The molecule has 21 rings (SSSR count). The van der Waals surface area contributed by atoms with Gasteiger partial charge in [0.05, 0.1) is 0 Å². The number of hydrogen-bond donors (Lipinski definition) is 0. The van der Waals surface area contributed by atoms with E-state index in [1.165, 1.54) is 169 Å². The van der Waals surface area contributed by atoms with E-state index in [-0.39, 0.29) is 10.8 Å². The topological polar surface area (TPSA) is 26.3 Å². The standard InChI is InChI=1S/C93H62O2/c1-6-93(7-2)80-49-56(64-35-28-54-26-27-60-42-63(92(3,4)5)43-61-33-40-72(64)86(54)85(60)61)31-37-67(80)68-38-32-57(50-81(68)93)65-19-13-22-74-77-44-55(34-41-83(77)95-90(65)74)75-45-58-16-12-21-71-76(46-59-17-11-20-70(75)88(59)89(58)71)62-47-78(91-79(48-62)69-18-8-9-23-82(69)94-91)66-36-29-53-25-24-51-14-10-15-52-30-39-73(66)87(53)84(51)52/h8-50H,6-7H2,1-5H3. The van der Waals surface area contributed by atoms with Crippen LogP contribution in [-0.4, -0.2) is 0 Å². The van der Waals surface area contributed by atoms with Crippen LogP contribution >= 0.6 is 0 Å². The zero-order chi connectivity index (χ0) is 62.9. The molecule has 0 fully saturated rings. The summed E-state index contributed by atoms with van der Waals surface area (Å²) >= 11 is 0. The predicted octanol–water partition coefficient (Wildman–Crippen LogP) is 26.9. The maximum absolute atomic E-state index is 7.05. The van der Waals surface area contributed by atoms with Crippen LogP contribution in [0.5, 0.6) is 0 Å². The fourth-order valence-electron chi connectivity index (χ4n) is 18.0. The second kappa shape index (κ2) is 18.9. The summed E-state index contributed by atoms with van der Waals surface area (Å²) in [6.07, 6.45) is 1.99. The highest BCUT2D eigenvalue weighted by Gasteiger charge is 2.41. The third kappa shape index (κ3) is 7.24. The summed E-state index contributed by atoms with van der Waals surface area (Å²) in [5, 5.41) is 27.6. The van der Waals surface area contributed by atoms with E-state index in [0.29, 0.717) is 0 Å². The maximum Gasteiger partial charge on any atom is 0.143 e. The van der Waals surface area contributed by atoms with Gasteiger partial charge in [0, 0.05) is 38.1 Å². The van der Waals surface area contributed by atoms with E-state index in [0.717, 1.165) is 67.8 Å². The molecule has 95 heavy (non-hydrogen) atoms. The van der Waals surface area contributed by atoms with Crippen molar-refractivity contribution in [3.63, 3.8) is 0 Å². The molecule has 2 heterocycles. The number of furan rings is 2. The van der Waals surface area contributed by atoms with E-state index in [2.05, 4.69) is 295 Å². The van der Waals surface area contributed by atoms with Crippen molar-refractivity contribution in [1.82, 2.24) is 0 Å². The number of hydrogen-bond acceptors (Lipinski definition) is 2. The summed E-state index contributed by atoms with van der Waals surface area (Å²) < 4.78 is 14.0. The van der Waals surface area contributed by atoms with Crippen molar-refractivity contribution in [3.05, 3.63) is 278 Å². The molecule has 0 N–H and O–H groups in total. The van der Waals surface area contributed by atoms with Crippen LogP contribution in [0, 0.1) is 0 Å². The Kier molecular flexibility index (Phi) is 10.6. The summed E-state index contributed by atoms with van der Waals surface area (Å²) in [5.41, 5.74) is 22.3. The molecule has 0 saturated carbocycles. The minimum atomic E-state index is -0.151. The Morgan fingerprint density at radius 2 is 0.695 bits per heavy atom. The lowest BCUT2D eigenvalue weighted by Crippen LogP contribution is -2.23. The van der Waals surface area contributed by atoms with Gasteiger partial charge in [0.25, 0.3) is 0 Å². The average molecular weight is 1210 g/mol. The summed E-state index contributed by atoms with van der Waals surface area (Å²) in [5.74, 6) is 0. The first-order valence-electron chi connectivity index (χ1n) is 33.9. The largest absolute Gasteiger partial charge is 0.455 e. The molecule has 2 nitrogen and oxygen atoms in total. The zero-order valence-corrected chi connectivity index (χ0v) is 53.6. The molecule has 1 aliphatic rings. The molecule has 0 unspecified atom stereocenters. The number of para-hydroxylation sites is 2. The first-order chi connectivity index (χ1) is 46.6. The van der Waals surface area contributed by atoms with E-state index < -0.39 is 0 Å². The molecule has 0 radical (unpaired) electrons. The molecule has 0 spiro atoms. The van der Waals surface area contributed by atoms with Gasteiger partial charge >= 0.3 is 0 Å². The van der Waals surface area contributed by atoms with Crippen molar-refractivity contribution in [3.8, 4) is 66.8 Å². The van der Waals surface area contributed by atoms with E-state index in [1.807, 2.05) is 0 Å². The van der Waals surface area contributed by atoms with Crippen molar-refractivity contribution in [2.24, 2.45) is 0 Å². The van der Waals surface area contributed by atoms with Gasteiger partial charge < -0.3 is 8.83 Å². The second-order valence-electron chi connectivity index (χ2n) is 28.4. The van der Waals surface area contributed by atoms with Crippen LogP contribution in [0.2, 0.25) is 0 Å². The highest BCUT2D eigenvalue weighted by Crippen LogP contribution is 2.56.